The van der Waals surface area contributed by atoms with E-state index in [-0.39, 0.29) is 36.0 Å². The van der Waals surface area contributed by atoms with Crippen molar-refractivity contribution in [3.8, 4) is 0 Å². The van der Waals surface area contributed by atoms with Gasteiger partial charge >= 0.3 is 5.97 Å². The van der Waals surface area contributed by atoms with E-state index in [1.54, 1.807) is 4.57 Å². The molecule has 0 spiro atoms. The first-order valence-electron chi connectivity index (χ1n) is 9.95. The summed E-state index contributed by atoms with van der Waals surface area (Å²) in [6.45, 7) is 2.80. The van der Waals surface area contributed by atoms with Crippen LogP contribution in [0.2, 0.25) is 0 Å². The van der Waals surface area contributed by atoms with E-state index in [2.05, 4.69) is 4.90 Å². The number of hydrogen-bond acceptors (Lipinski definition) is 5. The van der Waals surface area contributed by atoms with Crippen molar-refractivity contribution in [1.29, 1.82) is 0 Å². The van der Waals surface area contributed by atoms with Gasteiger partial charge in [0.15, 0.2) is 0 Å². The first-order chi connectivity index (χ1) is 14.1. The number of hydrogen-bond donors (Lipinski definition) is 1. The number of benzene rings is 1. The molecule has 152 valence electrons. The van der Waals surface area contributed by atoms with Crippen LogP contribution in [0.15, 0.2) is 53.3 Å². The zero-order chi connectivity index (χ0) is 20.5. The minimum Gasteiger partial charge on any atom is -0.468 e. The van der Waals surface area contributed by atoms with Gasteiger partial charge in [-0.25, -0.2) is 0 Å². The number of nitrogens with zero attached hydrogens (tertiary/aromatic N) is 2. The number of carbonyl (C=O) groups excluding carboxylic acids is 1. The minimum atomic E-state index is -0.542. The lowest BCUT2D eigenvalue weighted by Crippen LogP contribution is -2.43. The Bertz CT molecular complexity index is 982. The summed E-state index contributed by atoms with van der Waals surface area (Å²) in [5, 5.41) is 10.2. The molecule has 0 aliphatic carbocycles. The van der Waals surface area contributed by atoms with Crippen LogP contribution in [0.25, 0.3) is 6.08 Å². The Balaban J connectivity index is 1.81. The van der Waals surface area contributed by atoms with Crippen molar-refractivity contribution in [2.24, 2.45) is 11.8 Å². The van der Waals surface area contributed by atoms with Gasteiger partial charge in [-0.3, -0.25) is 14.5 Å². The van der Waals surface area contributed by atoms with Crippen molar-refractivity contribution < 1.29 is 14.6 Å². The largest absolute Gasteiger partial charge is 0.468 e. The molecule has 4 rings (SSSR count). The van der Waals surface area contributed by atoms with Gasteiger partial charge in [-0.05, 0) is 24.6 Å². The molecule has 2 aliphatic rings. The van der Waals surface area contributed by atoms with Crippen molar-refractivity contribution in [3.05, 3.63) is 75.7 Å². The molecule has 1 aromatic carbocycles. The Morgan fingerprint density at radius 2 is 2.00 bits per heavy atom. The number of aliphatic hydroxyl groups excluding tert-OH is 1. The van der Waals surface area contributed by atoms with E-state index in [1.165, 1.54) is 7.11 Å². The number of aliphatic hydroxyl groups is 1. The van der Waals surface area contributed by atoms with Crippen LogP contribution in [0.1, 0.15) is 29.8 Å². The van der Waals surface area contributed by atoms with E-state index in [4.69, 9.17) is 4.74 Å². The predicted molar refractivity (Wildman–Crippen MR) is 110 cm³/mol. The quantitative estimate of drug-likeness (QED) is 0.788. The Morgan fingerprint density at radius 3 is 2.66 bits per heavy atom. The van der Waals surface area contributed by atoms with Gasteiger partial charge in [0.1, 0.15) is 6.04 Å². The summed E-state index contributed by atoms with van der Waals surface area (Å²) < 4.78 is 6.90. The summed E-state index contributed by atoms with van der Waals surface area (Å²) in [7, 11) is 1.38. The summed E-state index contributed by atoms with van der Waals surface area (Å²) in [5.74, 6) is -0.657. The lowest BCUT2D eigenvalue weighted by atomic mass is 9.88. The SMILES string of the molecule is C/C=C\c1ccc2n(c1=O)C[C@@H]1[C@@H](CO)[C@H](C(=O)OC)N(Cc3ccccc3)[C@H]21. The monoisotopic (exact) mass is 394 g/mol. The Labute approximate surface area is 170 Å². The number of carbonyl (C=O) groups is 1. The molecule has 0 unspecified atom stereocenters. The van der Waals surface area contributed by atoms with E-state index < -0.39 is 6.04 Å². The molecular weight excluding hydrogens is 368 g/mol. The zero-order valence-corrected chi connectivity index (χ0v) is 16.7. The fourth-order valence-electron chi connectivity index (χ4n) is 4.99. The molecule has 1 saturated heterocycles. The fraction of sp³-hybridized carbons (Fsp3) is 0.391. The second-order valence-electron chi connectivity index (χ2n) is 7.71. The minimum absolute atomic E-state index is 0.0265. The molecule has 6 heteroatoms. The number of rotatable bonds is 5. The van der Waals surface area contributed by atoms with Crippen molar-refractivity contribution in [2.75, 3.05) is 13.7 Å². The van der Waals surface area contributed by atoms with Gasteiger partial charge in [-0.15, -0.1) is 0 Å². The Hall–Kier alpha value is -2.70. The molecule has 4 atom stereocenters. The van der Waals surface area contributed by atoms with Gasteiger partial charge < -0.3 is 14.4 Å². The van der Waals surface area contributed by atoms with Crippen molar-refractivity contribution in [2.45, 2.75) is 32.1 Å². The van der Waals surface area contributed by atoms with E-state index >= 15 is 0 Å². The predicted octanol–water partition coefficient (Wildman–Crippen LogP) is 2.22. The molecule has 1 aromatic heterocycles. The number of aromatic nitrogens is 1. The maximum atomic E-state index is 13.0. The highest BCUT2D eigenvalue weighted by Crippen LogP contribution is 2.49. The molecule has 0 radical (unpaired) electrons. The first-order valence-corrected chi connectivity index (χ1v) is 9.95. The van der Waals surface area contributed by atoms with E-state index in [9.17, 15) is 14.7 Å². The van der Waals surface area contributed by atoms with Gasteiger partial charge in [0, 0.05) is 42.8 Å². The molecule has 1 fully saturated rings. The van der Waals surface area contributed by atoms with Crippen LogP contribution in [-0.2, 0) is 22.6 Å². The fourth-order valence-corrected chi connectivity index (χ4v) is 4.99. The second kappa shape index (κ2) is 7.97. The molecule has 2 aromatic rings. The van der Waals surface area contributed by atoms with Crippen LogP contribution in [0.4, 0.5) is 0 Å². The number of methoxy groups -OCH3 is 1. The zero-order valence-electron chi connectivity index (χ0n) is 16.7. The summed E-state index contributed by atoms with van der Waals surface area (Å²) in [4.78, 5) is 27.7. The second-order valence-corrected chi connectivity index (χ2v) is 7.71. The van der Waals surface area contributed by atoms with Gasteiger partial charge in [0.2, 0.25) is 0 Å². The average molecular weight is 394 g/mol. The van der Waals surface area contributed by atoms with Crippen LogP contribution in [0.3, 0.4) is 0 Å². The number of fused-ring (bicyclic) bond motifs is 3. The summed E-state index contributed by atoms with van der Waals surface area (Å²) in [6.07, 6.45) is 3.66. The van der Waals surface area contributed by atoms with Crippen LogP contribution in [0, 0.1) is 11.8 Å². The van der Waals surface area contributed by atoms with Crippen LogP contribution in [-0.4, -0.2) is 40.3 Å². The molecule has 1 N–H and O–H groups in total. The Kier molecular flexibility index (Phi) is 5.39. The molecule has 0 saturated carbocycles. The van der Waals surface area contributed by atoms with Gasteiger partial charge in [-0.1, -0.05) is 42.5 Å². The molecule has 29 heavy (non-hydrogen) atoms. The average Bonchev–Trinajstić information content (AvgIpc) is 3.26. The third-order valence-electron chi connectivity index (χ3n) is 6.22. The van der Waals surface area contributed by atoms with Crippen LogP contribution < -0.4 is 5.56 Å². The van der Waals surface area contributed by atoms with Crippen LogP contribution >= 0.6 is 0 Å². The van der Waals surface area contributed by atoms with Gasteiger partial charge in [0.25, 0.3) is 5.56 Å². The third kappa shape index (κ3) is 3.22. The summed E-state index contributed by atoms with van der Waals surface area (Å²) in [5.41, 5.74) is 2.59. The van der Waals surface area contributed by atoms with Gasteiger partial charge in [-0.2, -0.15) is 0 Å². The number of esters is 1. The maximum Gasteiger partial charge on any atom is 0.323 e. The number of allylic oxidation sites excluding steroid dienone is 1. The smallest absolute Gasteiger partial charge is 0.323 e. The highest BCUT2D eigenvalue weighted by Gasteiger charge is 2.55. The lowest BCUT2D eigenvalue weighted by Gasteiger charge is -2.29. The molecule has 2 aliphatic heterocycles. The summed E-state index contributed by atoms with van der Waals surface area (Å²) >= 11 is 0. The molecule has 0 amide bonds. The number of ether oxygens (including phenoxy) is 1. The molecule has 6 nitrogen and oxygen atoms in total. The first kappa shape index (κ1) is 19.6. The van der Waals surface area contributed by atoms with Gasteiger partial charge in [0.05, 0.1) is 13.2 Å². The molecular formula is C23H26N2O4. The van der Waals surface area contributed by atoms with E-state index in [0.29, 0.717) is 18.7 Å². The third-order valence-corrected chi connectivity index (χ3v) is 6.22. The molecule has 3 heterocycles. The van der Waals surface area contributed by atoms with Crippen molar-refractivity contribution in [3.63, 3.8) is 0 Å². The number of likely N-dealkylation sites (tertiary alicyclic amines) is 1. The maximum absolute atomic E-state index is 13.0. The highest BCUT2D eigenvalue weighted by atomic mass is 16.5. The highest BCUT2D eigenvalue weighted by molar-refractivity contribution is 5.77. The topological polar surface area (TPSA) is 71.8 Å². The standard InChI is InChI=1S/C23H26N2O4/c1-3-7-16-10-11-19-20-17(13-24(19)22(16)27)18(14-26)21(23(28)29-2)25(20)12-15-8-5-4-6-9-15/h3-11,17-18,20-21,26H,12-14H2,1-2H3/b7-3-/t17-,18-,20+,21-/m1/s1. The van der Waals surface area contributed by atoms with E-state index in [1.807, 2.05) is 61.5 Å². The van der Waals surface area contributed by atoms with Crippen LogP contribution in [0.5, 0.6) is 0 Å². The number of pyridine rings is 1. The normalized spacial score (nSPS) is 25.9. The van der Waals surface area contributed by atoms with Crippen molar-refractivity contribution in [1.82, 2.24) is 9.47 Å². The summed E-state index contributed by atoms with van der Waals surface area (Å²) in [6, 6.07) is 13.1. The Morgan fingerprint density at radius 1 is 1.24 bits per heavy atom. The molecule has 0 bridgehead atoms. The lowest BCUT2D eigenvalue weighted by molar-refractivity contribution is -0.148. The van der Waals surface area contributed by atoms with E-state index in [0.717, 1.165) is 11.3 Å². The van der Waals surface area contributed by atoms with Crippen molar-refractivity contribution >= 4 is 12.0 Å².